The van der Waals surface area contributed by atoms with Gasteiger partial charge >= 0.3 is 0 Å². The van der Waals surface area contributed by atoms with Crippen LogP contribution in [0.2, 0.25) is 0 Å². The molecule has 0 aliphatic heterocycles. The van der Waals surface area contributed by atoms with Crippen LogP contribution in [0.5, 0.6) is 11.5 Å². The average Bonchev–Trinajstić information content (AvgIpc) is 2.20. The summed E-state index contributed by atoms with van der Waals surface area (Å²) in [7, 11) is 0. The summed E-state index contributed by atoms with van der Waals surface area (Å²) in [5.41, 5.74) is 6.12. The molecule has 5 heteroatoms. The number of aromatic hydroxyl groups is 1. The van der Waals surface area contributed by atoms with Crippen molar-refractivity contribution < 1.29 is 14.2 Å². The zero-order valence-corrected chi connectivity index (χ0v) is 9.26. The maximum atomic E-state index is 12.3. The van der Waals surface area contributed by atoms with E-state index in [1.54, 1.807) is 19.1 Å². The summed E-state index contributed by atoms with van der Waals surface area (Å²) in [5.74, 6) is 0.385. The second-order valence-electron chi connectivity index (χ2n) is 2.92. The molecular weight excluding hydrogens is 221 g/mol. The fourth-order valence-electron chi connectivity index (χ4n) is 1.12. The van der Waals surface area contributed by atoms with E-state index in [1.807, 2.05) is 0 Å². The van der Waals surface area contributed by atoms with Crippen molar-refractivity contribution in [1.29, 1.82) is 0 Å². The second-order valence-corrected chi connectivity index (χ2v) is 2.92. The van der Waals surface area contributed by atoms with E-state index in [9.17, 15) is 9.50 Å². The summed E-state index contributed by atoms with van der Waals surface area (Å²) in [6.07, 6.45) is 0. The first-order chi connectivity index (χ1) is 6.69. The summed E-state index contributed by atoms with van der Waals surface area (Å²) in [6.45, 7) is 1.62. The van der Waals surface area contributed by atoms with Crippen LogP contribution < -0.4 is 10.5 Å². The van der Waals surface area contributed by atoms with Crippen molar-refractivity contribution in [3.05, 3.63) is 23.8 Å². The fraction of sp³-hybridized carbons (Fsp3) is 0.400. The Balaban J connectivity index is 0.00000196. The van der Waals surface area contributed by atoms with Crippen molar-refractivity contribution in [2.24, 2.45) is 5.73 Å². The van der Waals surface area contributed by atoms with Crippen molar-refractivity contribution in [2.45, 2.75) is 13.0 Å². The van der Waals surface area contributed by atoms with Gasteiger partial charge < -0.3 is 15.6 Å². The largest absolute Gasteiger partial charge is 0.504 e. The number of ether oxygens (including phenoxy) is 1. The van der Waals surface area contributed by atoms with Crippen LogP contribution >= 0.6 is 12.4 Å². The number of phenols is 1. The van der Waals surface area contributed by atoms with Crippen LogP contribution in [-0.4, -0.2) is 18.4 Å². The van der Waals surface area contributed by atoms with Crippen LogP contribution in [0.15, 0.2) is 18.2 Å². The number of hydrogen-bond acceptors (Lipinski definition) is 3. The molecule has 0 fully saturated rings. The first kappa shape index (κ1) is 14.0. The number of rotatable bonds is 4. The van der Waals surface area contributed by atoms with Crippen molar-refractivity contribution in [1.82, 2.24) is 0 Å². The van der Waals surface area contributed by atoms with E-state index in [1.165, 1.54) is 6.07 Å². The number of phenolic OH excluding ortho intramolecular Hbond substituents is 1. The molecule has 0 amide bonds. The van der Waals surface area contributed by atoms with Crippen molar-refractivity contribution >= 4 is 12.4 Å². The van der Waals surface area contributed by atoms with E-state index >= 15 is 0 Å². The number of benzene rings is 1. The van der Waals surface area contributed by atoms with Crippen LogP contribution in [0.3, 0.4) is 0 Å². The molecule has 86 valence electrons. The zero-order valence-electron chi connectivity index (χ0n) is 8.44. The van der Waals surface area contributed by atoms with Gasteiger partial charge in [-0.25, -0.2) is 4.39 Å². The smallest absolute Gasteiger partial charge is 0.161 e. The van der Waals surface area contributed by atoms with Crippen molar-refractivity contribution in [3.63, 3.8) is 0 Å². The van der Waals surface area contributed by atoms with Gasteiger partial charge in [-0.15, -0.1) is 12.4 Å². The minimum Gasteiger partial charge on any atom is -0.504 e. The third kappa shape index (κ3) is 3.57. The maximum absolute atomic E-state index is 12.3. The summed E-state index contributed by atoms with van der Waals surface area (Å²) < 4.78 is 17.4. The molecule has 0 heterocycles. The minimum atomic E-state index is -0.658. The van der Waals surface area contributed by atoms with E-state index in [0.29, 0.717) is 17.9 Å². The highest BCUT2D eigenvalue weighted by molar-refractivity contribution is 5.85. The Morgan fingerprint density at radius 3 is 2.73 bits per heavy atom. The number of halogens is 2. The lowest BCUT2D eigenvalue weighted by Gasteiger charge is -2.11. The normalized spacial score (nSPS) is 11.7. The lowest BCUT2D eigenvalue weighted by molar-refractivity contribution is 0.317. The monoisotopic (exact) mass is 235 g/mol. The maximum Gasteiger partial charge on any atom is 0.161 e. The quantitative estimate of drug-likeness (QED) is 0.841. The molecule has 3 N–H and O–H groups in total. The Bertz CT molecular complexity index is 309. The van der Waals surface area contributed by atoms with E-state index in [2.05, 4.69) is 0 Å². The molecule has 1 aromatic rings. The number of nitrogens with two attached hydrogens (primary N) is 1. The fourth-order valence-corrected chi connectivity index (χ4v) is 1.12. The van der Waals surface area contributed by atoms with Crippen molar-refractivity contribution in [3.8, 4) is 11.5 Å². The predicted octanol–water partition coefficient (Wildman–Crippen LogP) is 2.18. The predicted molar refractivity (Wildman–Crippen MR) is 59.4 cm³/mol. The molecule has 1 aromatic carbocycles. The van der Waals surface area contributed by atoms with Gasteiger partial charge in [-0.05, 0) is 24.6 Å². The molecule has 15 heavy (non-hydrogen) atoms. The molecule has 1 atom stereocenters. The van der Waals surface area contributed by atoms with Gasteiger partial charge in [-0.3, -0.25) is 0 Å². The van der Waals surface area contributed by atoms with Crippen LogP contribution in [-0.2, 0) is 0 Å². The molecule has 0 aliphatic carbocycles. The van der Waals surface area contributed by atoms with Gasteiger partial charge in [-0.1, -0.05) is 6.07 Å². The molecule has 1 rings (SSSR count). The SMILES string of the molecule is CCOc1cc([C@H](N)CF)ccc1O.Cl. The number of hydrogen-bond donors (Lipinski definition) is 2. The zero-order chi connectivity index (χ0) is 10.6. The van der Waals surface area contributed by atoms with Crippen LogP contribution in [0.4, 0.5) is 4.39 Å². The van der Waals surface area contributed by atoms with Gasteiger partial charge in [0, 0.05) is 0 Å². The van der Waals surface area contributed by atoms with E-state index in [0.717, 1.165) is 0 Å². The van der Waals surface area contributed by atoms with Gasteiger partial charge in [0.1, 0.15) is 6.67 Å². The summed E-state index contributed by atoms with van der Waals surface area (Å²) >= 11 is 0. The van der Waals surface area contributed by atoms with Gasteiger partial charge in [0.25, 0.3) is 0 Å². The van der Waals surface area contributed by atoms with E-state index < -0.39 is 12.7 Å². The van der Waals surface area contributed by atoms with E-state index in [4.69, 9.17) is 10.5 Å². The minimum absolute atomic E-state index is 0. The molecule has 0 saturated heterocycles. The first-order valence-electron chi connectivity index (χ1n) is 4.46. The highest BCUT2D eigenvalue weighted by atomic mass is 35.5. The van der Waals surface area contributed by atoms with Gasteiger partial charge in [-0.2, -0.15) is 0 Å². The van der Waals surface area contributed by atoms with Crippen LogP contribution in [0.1, 0.15) is 18.5 Å². The number of alkyl halides is 1. The second kappa shape index (κ2) is 6.48. The van der Waals surface area contributed by atoms with E-state index in [-0.39, 0.29) is 18.2 Å². The Kier molecular flexibility index (Phi) is 6.05. The highest BCUT2D eigenvalue weighted by Gasteiger charge is 2.09. The topological polar surface area (TPSA) is 55.5 Å². The third-order valence-electron chi connectivity index (χ3n) is 1.88. The molecule has 0 saturated carbocycles. The molecule has 0 aromatic heterocycles. The molecule has 0 bridgehead atoms. The molecule has 0 radical (unpaired) electrons. The average molecular weight is 236 g/mol. The highest BCUT2D eigenvalue weighted by Crippen LogP contribution is 2.28. The molecular formula is C10H15ClFNO2. The molecule has 0 unspecified atom stereocenters. The Labute approximate surface area is 94.5 Å². The standard InChI is InChI=1S/C10H14FNO2.ClH/c1-2-14-10-5-7(8(12)6-11)3-4-9(10)13;/h3-5,8,13H,2,6,12H2,1H3;1H/t8-;/m1./s1. The molecule has 0 spiro atoms. The lowest BCUT2D eigenvalue weighted by atomic mass is 10.1. The Morgan fingerprint density at radius 2 is 2.20 bits per heavy atom. The van der Waals surface area contributed by atoms with Crippen LogP contribution in [0.25, 0.3) is 0 Å². The molecule has 0 aliphatic rings. The summed E-state index contributed by atoms with van der Waals surface area (Å²) in [6, 6.07) is 3.94. The molecule has 3 nitrogen and oxygen atoms in total. The Morgan fingerprint density at radius 1 is 1.53 bits per heavy atom. The lowest BCUT2D eigenvalue weighted by Crippen LogP contribution is -2.12. The Hall–Kier alpha value is -1.00. The van der Waals surface area contributed by atoms with Crippen molar-refractivity contribution in [2.75, 3.05) is 13.3 Å². The first-order valence-corrected chi connectivity index (χ1v) is 4.46. The summed E-state index contributed by atoms with van der Waals surface area (Å²) in [5, 5.41) is 9.36. The summed E-state index contributed by atoms with van der Waals surface area (Å²) in [4.78, 5) is 0. The van der Waals surface area contributed by atoms with Crippen LogP contribution in [0, 0.1) is 0 Å². The third-order valence-corrected chi connectivity index (χ3v) is 1.88. The van der Waals surface area contributed by atoms with Gasteiger partial charge in [0.15, 0.2) is 11.5 Å². The van der Waals surface area contributed by atoms with Gasteiger partial charge in [0.2, 0.25) is 0 Å². The van der Waals surface area contributed by atoms with Gasteiger partial charge in [0.05, 0.1) is 12.6 Å².